The van der Waals surface area contributed by atoms with Crippen LogP contribution in [-0.4, -0.2) is 12.1 Å². The number of hydrogen-bond donors (Lipinski definition) is 1. The largest absolute Gasteiger partial charge is 0.486 e. The van der Waals surface area contributed by atoms with Crippen LogP contribution in [0.15, 0.2) is 18.2 Å². The predicted octanol–water partition coefficient (Wildman–Crippen LogP) is 3.89. The van der Waals surface area contributed by atoms with Crippen LogP contribution in [0.4, 0.5) is 5.69 Å². The Kier molecular flexibility index (Phi) is 2.96. The lowest BCUT2D eigenvalue weighted by Crippen LogP contribution is -2.42. The first-order valence-electron chi connectivity index (χ1n) is 6.87. The van der Waals surface area contributed by atoms with Crippen LogP contribution in [0.3, 0.4) is 0 Å². The van der Waals surface area contributed by atoms with E-state index < -0.39 is 0 Å². The fourth-order valence-electron chi connectivity index (χ4n) is 3.03. The number of hydrogen-bond acceptors (Lipinski definition) is 2. The van der Waals surface area contributed by atoms with Crippen LogP contribution in [-0.2, 0) is 0 Å². The number of aryl methyl sites for hydroxylation is 1. The molecule has 2 unspecified atom stereocenters. The third kappa shape index (κ3) is 2.13. The number of anilines is 1. The Morgan fingerprint density at radius 1 is 1.12 bits per heavy atom. The molecule has 92 valence electrons. The number of para-hydroxylation sites is 1. The van der Waals surface area contributed by atoms with E-state index in [0.29, 0.717) is 12.1 Å². The Hall–Kier alpha value is -1.18. The average Bonchev–Trinajstić information content (AvgIpc) is 2.30. The van der Waals surface area contributed by atoms with Gasteiger partial charge in [-0.3, -0.25) is 0 Å². The molecule has 0 saturated heterocycles. The van der Waals surface area contributed by atoms with Gasteiger partial charge >= 0.3 is 0 Å². The minimum Gasteiger partial charge on any atom is -0.486 e. The predicted molar refractivity (Wildman–Crippen MR) is 70.7 cm³/mol. The summed E-state index contributed by atoms with van der Waals surface area (Å²) in [5.74, 6) is 1.05. The highest BCUT2D eigenvalue weighted by atomic mass is 16.5. The van der Waals surface area contributed by atoms with Gasteiger partial charge < -0.3 is 10.1 Å². The summed E-state index contributed by atoms with van der Waals surface area (Å²) >= 11 is 0. The maximum atomic E-state index is 6.19. The molecule has 1 N–H and O–H groups in total. The van der Waals surface area contributed by atoms with Gasteiger partial charge in [-0.2, -0.15) is 0 Å². The molecule has 2 heteroatoms. The van der Waals surface area contributed by atoms with Crippen molar-refractivity contribution in [3.63, 3.8) is 0 Å². The summed E-state index contributed by atoms with van der Waals surface area (Å²) in [6.07, 6.45) is 8.22. The third-order valence-electron chi connectivity index (χ3n) is 4.05. The zero-order chi connectivity index (χ0) is 11.7. The minimum atomic E-state index is 0.379. The number of rotatable bonds is 0. The van der Waals surface area contributed by atoms with Crippen molar-refractivity contribution in [1.82, 2.24) is 0 Å². The number of benzene rings is 1. The molecule has 3 rings (SSSR count). The van der Waals surface area contributed by atoms with Crippen molar-refractivity contribution >= 4 is 5.69 Å². The van der Waals surface area contributed by atoms with Crippen molar-refractivity contribution in [3.05, 3.63) is 23.8 Å². The normalized spacial score (nSPS) is 27.8. The summed E-state index contributed by atoms with van der Waals surface area (Å²) in [6.45, 7) is 2.15. The van der Waals surface area contributed by atoms with E-state index in [1.165, 1.54) is 49.8 Å². The summed E-state index contributed by atoms with van der Waals surface area (Å²) in [6, 6.07) is 6.84. The van der Waals surface area contributed by atoms with E-state index in [-0.39, 0.29) is 0 Å². The molecule has 2 nitrogen and oxygen atoms in total. The highest BCUT2D eigenvalue weighted by Crippen LogP contribution is 2.37. The molecule has 0 bridgehead atoms. The highest BCUT2D eigenvalue weighted by Gasteiger charge is 2.30. The van der Waals surface area contributed by atoms with Crippen molar-refractivity contribution in [2.24, 2.45) is 0 Å². The Labute approximate surface area is 103 Å². The summed E-state index contributed by atoms with van der Waals surface area (Å²) < 4.78 is 6.19. The van der Waals surface area contributed by atoms with E-state index >= 15 is 0 Å². The summed E-state index contributed by atoms with van der Waals surface area (Å²) in [7, 11) is 0. The topological polar surface area (TPSA) is 21.3 Å². The fraction of sp³-hybridized carbons (Fsp3) is 0.600. The van der Waals surface area contributed by atoms with Crippen LogP contribution in [0.25, 0.3) is 0 Å². The maximum absolute atomic E-state index is 6.19. The summed E-state index contributed by atoms with van der Waals surface area (Å²) in [5, 5.41) is 3.71. The lowest BCUT2D eigenvalue weighted by Gasteiger charge is -2.37. The molecule has 2 aliphatic rings. The van der Waals surface area contributed by atoms with Crippen molar-refractivity contribution in [2.75, 3.05) is 5.32 Å². The fourth-order valence-corrected chi connectivity index (χ4v) is 3.03. The number of fused-ring (bicyclic) bond motifs is 2. The Bertz CT molecular complexity index is 402. The molecule has 0 radical (unpaired) electrons. The van der Waals surface area contributed by atoms with Crippen LogP contribution < -0.4 is 10.1 Å². The van der Waals surface area contributed by atoms with Gasteiger partial charge in [0.25, 0.3) is 0 Å². The van der Waals surface area contributed by atoms with Gasteiger partial charge in [0, 0.05) is 0 Å². The zero-order valence-electron chi connectivity index (χ0n) is 10.5. The Balaban J connectivity index is 1.87. The van der Waals surface area contributed by atoms with E-state index in [2.05, 4.69) is 30.4 Å². The average molecular weight is 231 g/mol. The number of nitrogens with one attached hydrogen (secondary N) is 1. The Morgan fingerprint density at radius 3 is 2.82 bits per heavy atom. The molecule has 1 aliphatic carbocycles. The molecule has 1 aromatic carbocycles. The van der Waals surface area contributed by atoms with Gasteiger partial charge in [0.1, 0.15) is 11.9 Å². The van der Waals surface area contributed by atoms with Crippen LogP contribution >= 0.6 is 0 Å². The van der Waals surface area contributed by atoms with Gasteiger partial charge in [-0.05, 0) is 37.8 Å². The van der Waals surface area contributed by atoms with E-state index in [0.717, 1.165) is 5.75 Å². The van der Waals surface area contributed by atoms with Crippen molar-refractivity contribution < 1.29 is 4.74 Å². The third-order valence-corrected chi connectivity index (χ3v) is 4.05. The molecule has 1 fully saturated rings. The minimum absolute atomic E-state index is 0.379. The molecule has 1 aromatic rings. The molecule has 1 aliphatic heterocycles. The van der Waals surface area contributed by atoms with Crippen molar-refractivity contribution in [2.45, 2.75) is 57.6 Å². The molecule has 2 atom stereocenters. The molecule has 0 amide bonds. The SMILES string of the molecule is Cc1cccc2c1NC1CCCCCCC1O2. The van der Waals surface area contributed by atoms with Crippen molar-refractivity contribution in [1.29, 1.82) is 0 Å². The quantitative estimate of drug-likeness (QED) is 0.731. The second-order valence-corrected chi connectivity index (χ2v) is 5.35. The zero-order valence-corrected chi connectivity index (χ0v) is 10.5. The maximum Gasteiger partial charge on any atom is 0.143 e. The van der Waals surface area contributed by atoms with Crippen LogP contribution in [0.2, 0.25) is 0 Å². The van der Waals surface area contributed by atoms with E-state index in [1.54, 1.807) is 0 Å². The van der Waals surface area contributed by atoms with Gasteiger partial charge in [0.15, 0.2) is 0 Å². The first-order valence-corrected chi connectivity index (χ1v) is 6.87. The first kappa shape index (κ1) is 10.9. The number of ether oxygens (including phenoxy) is 1. The van der Waals surface area contributed by atoms with Gasteiger partial charge in [-0.1, -0.05) is 31.4 Å². The summed E-state index contributed by atoms with van der Waals surface area (Å²) in [5.41, 5.74) is 2.51. The van der Waals surface area contributed by atoms with Crippen molar-refractivity contribution in [3.8, 4) is 5.75 Å². The molecular weight excluding hydrogens is 210 g/mol. The standard InChI is InChI=1S/C15H21NO/c1-11-7-6-10-14-15(11)16-12-8-4-2-3-5-9-13(12)17-14/h6-7,10,12-13,16H,2-5,8-9H2,1H3. The van der Waals surface area contributed by atoms with E-state index in [9.17, 15) is 0 Å². The molecule has 1 saturated carbocycles. The van der Waals surface area contributed by atoms with Gasteiger partial charge in [-0.25, -0.2) is 0 Å². The van der Waals surface area contributed by atoms with Crippen LogP contribution in [0.5, 0.6) is 5.75 Å². The van der Waals surface area contributed by atoms with Crippen LogP contribution in [0, 0.1) is 6.92 Å². The highest BCUT2D eigenvalue weighted by molar-refractivity contribution is 5.63. The Morgan fingerprint density at radius 2 is 1.94 bits per heavy atom. The smallest absolute Gasteiger partial charge is 0.143 e. The monoisotopic (exact) mass is 231 g/mol. The van der Waals surface area contributed by atoms with Gasteiger partial charge in [0.2, 0.25) is 0 Å². The lowest BCUT2D eigenvalue weighted by molar-refractivity contribution is 0.143. The van der Waals surface area contributed by atoms with E-state index in [4.69, 9.17) is 4.74 Å². The molecule has 0 aromatic heterocycles. The van der Waals surface area contributed by atoms with Gasteiger partial charge in [0.05, 0.1) is 11.7 Å². The van der Waals surface area contributed by atoms with Crippen LogP contribution in [0.1, 0.15) is 44.1 Å². The lowest BCUT2D eigenvalue weighted by atomic mass is 9.92. The second-order valence-electron chi connectivity index (χ2n) is 5.35. The molecule has 17 heavy (non-hydrogen) atoms. The molecule has 0 spiro atoms. The summed E-state index contributed by atoms with van der Waals surface area (Å²) in [4.78, 5) is 0. The molecular formula is C15H21NO. The molecule has 1 heterocycles. The van der Waals surface area contributed by atoms with E-state index in [1.807, 2.05) is 0 Å². The first-order chi connectivity index (χ1) is 8.34. The van der Waals surface area contributed by atoms with Gasteiger partial charge in [-0.15, -0.1) is 0 Å². The second kappa shape index (κ2) is 4.59.